The number of rotatable bonds is 6. The van der Waals surface area contributed by atoms with Crippen LogP contribution in [0.4, 0.5) is 0 Å². The van der Waals surface area contributed by atoms with Gasteiger partial charge in [0, 0.05) is 24.6 Å². The monoisotopic (exact) mass is 296 g/mol. The first kappa shape index (κ1) is 14.2. The van der Waals surface area contributed by atoms with Crippen molar-refractivity contribution in [1.82, 2.24) is 10.3 Å². The normalized spacial score (nSPS) is 12.3. The van der Waals surface area contributed by atoms with Crippen molar-refractivity contribution in [2.24, 2.45) is 0 Å². The van der Waals surface area contributed by atoms with Crippen molar-refractivity contribution in [2.75, 3.05) is 13.7 Å². The molecule has 0 aliphatic heterocycles. The third-order valence-electron chi connectivity index (χ3n) is 2.57. The van der Waals surface area contributed by atoms with E-state index in [1.807, 2.05) is 17.7 Å². The lowest BCUT2D eigenvalue weighted by atomic mass is 10.1. The van der Waals surface area contributed by atoms with E-state index >= 15 is 0 Å². The summed E-state index contributed by atoms with van der Waals surface area (Å²) in [5.74, 6) is -0.115. The van der Waals surface area contributed by atoms with Crippen LogP contribution in [0.25, 0.3) is 0 Å². The molecule has 2 rings (SSSR count). The molecule has 1 amide bonds. The molecule has 102 valence electrons. The van der Waals surface area contributed by atoms with Crippen LogP contribution in [0, 0.1) is 6.92 Å². The summed E-state index contributed by atoms with van der Waals surface area (Å²) in [7, 11) is 1.51. The molecule has 1 N–H and O–H groups in total. The van der Waals surface area contributed by atoms with Crippen molar-refractivity contribution >= 4 is 28.6 Å². The first-order chi connectivity index (χ1) is 9.19. The number of carbonyl (C=O) groups is 1. The maximum absolute atomic E-state index is 11.7. The lowest BCUT2D eigenvalue weighted by Crippen LogP contribution is -2.32. The van der Waals surface area contributed by atoms with Crippen LogP contribution in [-0.2, 0) is 16.0 Å². The summed E-state index contributed by atoms with van der Waals surface area (Å²) < 4.78 is 4.85. The quantitative estimate of drug-likeness (QED) is 0.891. The van der Waals surface area contributed by atoms with E-state index in [1.165, 1.54) is 12.7 Å². The SMILES string of the molecule is COCC(=O)N[C@@H](Cc1ccsc1)c1nc(C)cs1. The Morgan fingerprint density at radius 2 is 2.37 bits per heavy atom. The molecule has 0 spiro atoms. The zero-order chi connectivity index (χ0) is 13.7. The Labute approximate surface area is 120 Å². The number of aromatic nitrogens is 1. The number of thiophene rings is 1. The van der Waals surface area contributed by atoms with Crippen LogP contribution in [0.15, 0.2) is 22.2 Å². The van der Waals surface area contributed by atoms with E-state index < -0.39 is 0 Å². The number of thiazole rings is 1. The van der Waals surface area contributed by atoms with Crippen LogP contribution in [0.3, 0.4) is 0 Å². The molecular weight excluding hydrogens is 280 g/mol. The molecule has 0 aliphatic rings. The summed E-state index contributed by atoms with van der Waals surface area (Å²) in [6.45, 7) is 2.03. The van der Waals surface area contributed by atoms with Gasteiger partial charge in [0.15, 0.2) is 0 Å². The third kappa shape index (κ3) is 4.12. The molecule has 0 saturated carbocycles. The summed E-state index contributed by atoms with van der Waals surface area (Å²) >= 11 is 3.23. The fourth-order valence-electron chi connectivity index (χ4n) is 1.74. The number of hydrogen-bond acceptors (Lipinski definition) is 5. The number of aryl methyl sites for hydroxylation is 1. The molecule has 2 aromatic heterocycles. The van der Waals surface area contributed by atoms with E-state index in [0.29, 0.717) is 0 Å². The van der Waals surface area contributed by atoms with Crippen LogP contribution < -0.4 is 5.32 Å². The van der Waals surface area contributed by atoms with Crippen molar-refractivity contribution in [1.29, 1.82) is 0 Å². The Bertz CT molecular complexity index is 522. The van der Waals surface area contributed by atoms with Gasteiger partial charge < -0.3 is 10.1 Å². The first-order valence-electron chi connectivity index (χ1n) is 5.90. The average molecular weight is 296 g/mol. The van der Waals surface area contributed by atoms with E-state index in [2.05, 4.69) is 21.7 Å². The summed E-state index contributed by atoms with van der Waals surface area (Å²) in [5.41, 5.74) is 2.19. The fraction of sp³-hybridized carbons (Fsp3) is 0.385. The Morgan fingerprint density at radius 3 is 2.95 bits per heavy atom. The maximum atomic E-state index is 11.7. The standard InChI is InChI=1S/C13H16N2O2S2/c1-9-7-19-13(14-9)11(15-12(16)6-17-2)5-10-3-4-18-8-10/h3-4,7-8,11H,5-6H2,1-2H3,(H,15,16)/t11-/m0/s1. The van der Waals surface area contributed by atoms with Crippen LogP contribution >= 0.6 is 22.7 Å². The van der Waals surface area contributed by atoms with Crippen LogP contribution in [0.5, 0.6) is 0 Å². The molecule has 1 atom stereocenters. The largest absolute Gasteiger partial charge is 0.375 e. The number of carbonyl (C=O) groups excluding carboxylic acids is 1. The molecule has 0 aromatic carbocycles. The summed E-state index contributed by atoms with van der Waals surface area (Å²) in [6, 6.07) is 1.98. The van der Waals surface area contributed by atoms with Crippen molar-refractivity contribution in [3.05, 3.63) is 38.5 Å². The zero-order valence-electron chi connectivity index (χ0n) is 10.9. The molecule has 0 aliphatic carbocycles. The van der Waals surface area contributed by atoms with Gasteiger partial charge in [-0.15, -0.1) is 11.3 Å². The van der Waals surface area contributed by atoms with Gasteiger partial charge in [-0.25, -0.2) is 4.98 Å². The van der Waals surface area contributed by atoms with Crippen LogP contribution in [0.2, 0.25) is 0 Å². The minimum absolute atomic E-state index is 0.0739. The van der Waals surface area contributed by atoms with Crippen LogP contribution in [-0.4, -0.2) is 24.6 Å². The molecule has 0 saturated heterocycles. The number of nitrogens with one attached hydrogen (secondary N) is 1. The molecular formula is C13H16N2O2S2. The van der Waals surface area contributed by atoms with Gasteiger partial charge in [-0.3, -0.25) is 4.79 Å². The maximum Gasteiger partial charge on any atom is 0.246 e. The van der Waals surface area contributed by atoms with Gasteiger partial charge in [0.1, 0.15) is 11.6 Å². The van der Waals surface area contributed by atoms with Gasteiger partial charge in [-0.1, -0.05) is 0 Å². The Morgan fingerprint density at radius 1 is 1.53 bits per heavy atom. The lowest BCUT2D eigenvalue weighted by molar-refractivity contribution is -0.125. The lowest BCUT2D eigenvalue weighted by Gasteiger charge is -2.15. The summed E-state index contributed by atoms with van der Waals surface area (Å²) in [4.78, 5) is 16.2. The molecule has 0 fully saturated rings. The van der Waals surface area contributed by atoms with Crippen molar-refractivity contribution in [3.63, 3.8) is 0 Å². The predicted molar refractivity (Wildman–Crippen MR) is 77.6 cm³/mol. The zero-order valence-corrected chi connectivity index (χ0v) is 12.5. The molecule has 4 nitrogen and oxygen atoms in total. The van der Waals surface area contributed by atoms with Crippen LogP contribution in [0.1, 0.15) is 22.3 Å². The third-order valence-corrected chi connectivity index (χ3v) is 4.37. The number of hydrogen-bond donors (Lipinski definition) is 1. The highest BCUT2D eigenvalue weighted by Gasteiger charge is 2.18. The molecule has 0 unspecified atom stereocenters. The molecule has 2 heterocycles. The topological polar surface area (TPSA) is 51.2 Å². The van der Waals surface area contributed by atoms with Gasteiger partial charge in [0.2, 0.25) is 5.91 Å². The fourth-order valence-corrected chi connectivity index (χ4v) is 3.27. The van der Waals surface area contributed by atoms with Gasteiger partial charge in [-0.2, -0.15) is 11.3 Å². The van der Waals surface area contributed by atoms with Gasteiger partial charge in [-0.05, 0) is 29.3 Å². The average Bonchev–Trinajstić information content (AvgIpc) is 3.00. The van der Waals surface area contributed by atoms with Crippen molar-refractivity contribution in [2.45, 2.75) is 19.4 Å². The molecule has 0 bridgehead atoms. The molecule has 0 radical (unpaired) electrons. The number of nitrogens with zero attached hydrogens (tertiary/aromatic N) is 1. The minimum Gasteiger partial charge on any atom is -0.375 e. The molecule has 2 aromatic rings. The highest BCUT2D eigenvalue weighted by molar-refractivity contribution is 7.09. The van der Waals surface area contributed by atoms with E-state index in [4.69, 9.17) is 4.74 Å². The minimum atomic E-state index is -0.115. The van der Waals surface area contributed by atoms with Gasteiger partial charge >= 0.3 is 0 Å². The van der Waals surface area contributed by atoms with Crippen molar-refractivity contribution < 1.29 is 9.53 Å². The number of amides is 1. The molecule has 19 heavy (non-hydrogen) atoms. The van der Waals surface area contributed by atoms with E-state index in [0.717, 1.165) is 17.1 Å². The second-order valence-corrected chi connectivity index (χ2v) is 5.89. The van der Waals surface area contributed by atoms with Crippen molar-refractivity contribution in [3.8, 4) is 0 Å². The number of ether oxygens (including phenoxy) is 1. The first-order valence-corrected chi connectivity index (χ1v) is 7.72. The predicted octanol–water partition coefficient (Wildman–Crippen LogP) is 2.56. The highest BCUT2D eigenvalue weighted by Crippen LogP contribution is 2.23. The van der Waals surface area contributed by atoms with E-state index in [9.17, 15) is 4.79 Å². The Balaban J connectivity index is 2.10. The molecule has 6 heteroatoms. The smallest absolute Gasteiger partial charge is 0.246 e. The Hall–Kier alpha value is -1.24. The second-order valence-electron chi connectivity index (χ2n) is 4.22. The van der Waals surface area contributed by atoms with E-state index in [-0.39, 0.29) is 18.6 Å². The summed E-state index contributed by atoms with van der Waals surface area (Å²) in [5, 5.41) is 10.0. The van der Waals surface area contributed by atoms with Gasteiger partial charge in [0.25, 0.3) is 0 Å². The summed E-state index contributed by atoms with van der Waals surface area (Å²) in [6.07, 6.45) is 0.756. The van der Waals surface area contributed by atoms with Gasteiger partial charge in [0.05, 0.1) is 6.04 Å². The Kier molecular flexibility index (Phi) is 5.07. The highest BCUT2D eigenvalue weighted by atomic mass is 32.1. The number of methoxy groups -OCH3 is 1. The second kappa shape index (κ2) is 6.79. The van der Waals surface area contributed by atoms with E-state index in [1.54, 1.807) is 22.7 Å².